The molecular weight excluding hydrogens is 242 g/mol. The van der Waals surface area contributed by atoms with E-state index in [1.165, 1.54) is 24.0 Å². The number of rotatable bonds is 2. The Labute approximate surface area is 105 Å². The summed E-state index contributed by atoms with van der Waals surface area (Å²) >= 11 is 8.20. The molecule has 4 atom stereocenters. The minimum Gasteiger partial charge on any atom is -0.284 e. The molecule has 2 saturated carbocycles. The normalized spacial score (nSPS) is 36.8. The van der Waals surface area contributed by atoms with Gasteiger partial charge < -0.3 is 0 Å². The van der Waals surface area contributed by atoms with Crippen molar-refractivity contribution in [2.75, 3.05) is 0 Å². The molecule has 3 rings (SSSR count). The van der Waals surface area contributed by atoms with Gasteiger partial charge in [-0.1, -0.05) is 0 Å². The standard InChI is InChI=1S/C12H15ClNOS/c13-11-8-4-5-9(7-8)12(11)16-10-3-1-2-6-14(10)15/h1-3,6,8-9,11-12,15H,4-5,7H2/q+1/t8-,9-,11-,12+/m1/s1. The van der Waals surface area contributed by atoms with Crippen LogP contribution < -0.4 is 4.73 Å². The van der Waals surface area contributed by atoms with Crippen LogP contribution in [-0.2, 0) is 0 Å². The third-order valence-corrected chi connectivity index (χ3v) is 6.09. The Morgan fingerprint density at radius 3 is 2.81 bits per heavy atom. The zero-order valence-corrected chi connectivity index (χ0v) is 10.5. The van der Waals surface area contributed by atoms with Gasteiger partial charge in [0.2, 0.25) is 6.20 Å². The zero-order chi connectivity index (χ0) is 11.1. The molecule has 0 amide bonds. The van der Waals surface area contributed by atoms with E-state index in [0.717, 1.165) is 10.9 Å². The first kappa shape index (κ1) is 10.7. The number of hydrogen-bond donors (Lipinski definition) is 1. The molecule has 16 heavy (non-hydrogen) atoms. The van der Waals surface area contributed by atoms with Gasteiger partial charge in [-0.3, -0.25) is 5.21 Å². The molecule has 0 aliphatic heterocycles. The fourth-order valence-corrected chi connectivity index (χ4v) is 4.97. The Bertz CT molecular complexity index is 398. The molecule has 1 aromatic heterocycles. The summed E-state index contributed by atoms with van der Waals surface area (Å²) < 4.78 is 1.19. The third kappa shape index (κ3) is 1.70. The van der Waals surface area contributed by atoms with E-state index < -0.39 is 0 Å². The van der Waals surface area contributed by atoms with E-state index in [1.807, 2.05) is 18.2 Å². The van der Waals surface area contributed by atoms with E-state index in [9.17, 15) is 5.21 Å². The molecular formula is C12H15ClNOS+. The summed E-state index contributed by atoms with van der Waals surface area (Å²) in [6, 6.07) is 5.72. The molecule has 86 valence electrons. The van der Waals surface area contributed by atoms with Crippen LogP contribution in [0, 0.1) is 11.8 Å². The lowest BCUT2D eigenvalue weighted by atomic mass is 10.00. The molecule has 0 unspecified atom stereocenters. The Morgan fingerprint density at radius 2 is 2.12 bits per heavy atom. The average Bonchev–Trinajstić information content (AvgIpc) is 2.85. The first-order valence-corrected chi connectivity index (χ1v) is 7.08. The number of alkyl halides is 1. The predicted molar refractivity (Wildman–Crippen MR) is 63.9 cm³/mol. The number of pyridine rings is 1. The molecule has 1 N–H and O–H groups in total. The van der Waals surface area contributed by atoms with Crippen molar-refractivity contribution in [3.8, 4) is 0 Å². The molecule has 2 aliphatic rings. The van der Waals surface area contributed by atoms with Gasteiger partial charge in [0.15, 0.2) is 0 Å². The van der Waals surface area contributed by atoms with Gasteiger partial charge >= 0.3 is 0 Å². The molecule has 1 aromatic rings. The van der Waals surface area contributed by atoms with Gasteiger partial charge in [-0.15, -0.1) is 11.6 Å². The topological polar surface area (TPSA) is 24.1 Å². The van der Waals surface area contributed by atoms with Crippen LogP contribution >= 0.6 is 23.4 Å². The lowest BCUT2D eigenvalue weighted by Gasteiger charge is -2.24. The number of halogens is 1. The van der Waals surface area contributed by atoms with E-state index in [-0.39, 0.29) is 5.38 Å². The highest BCUT2D eigenvalue weighted by Crippen LogP contribution is 2.52. The summed E-state index contributed by atoms with van der Waals surface area (Å²) in [5.74, 6) is 1.46. The molecule has 2 bridgehead atoms. The summed E-state index contributed by atoms with van der Waals surface area (Å²) in [6.45, 7) is 0. The van der Waals surface area contributed by atoms with Crippen LogP contribution in [0.1, 0.15) is 19.3 Å². The van der Waals surface area contributed by atoms with Crippen LogP contribution in [-0.4, -0.2) is 15.8 Å². The van der Waals surface area contributed by atoms with Crippen LogP contribution in [0.4, 0.5) is 0 Å². The fraction of sp³-hybridized carbons (Fsp3) is 0.583. The zero-order valence-electron chi connectivity index (χ0n) is 8.92. The molecule has 2 nitrogen and oxygen atoms in total. The molecule has 4 heteroatoms. The number of aromatic nitrogens is 1. The maximum atomic E-state index is 9.68. The van der Waals surface area contributed by atoms with Crippen LogP contribution in [0.5, 0.6) is 0 Å². The highest BCUT2D eigenvalue weighted by Gasteiger charge is 2.48. The van der Waals surface area contributed by atoms with Gasteiger partial charge in [0, 0.05) is 27.5 Å². The smallest absolute Gasteiger partial charge is 0.284 e. The third-order valence-electron chi connectivity index (χ3n) is 3.80. The lowest BCUT2D eigenvalue weighted by molar-refractivity contribution is -0.932. The van der Waals surface area contributed by atoms with E-state index >= 15 is 0 Å². The summed E-state index contributed by atoms with van der Waals surface area (Å²) in [6.07, 6.45) is 5.55. The number of nitrogens with zero attached hydrogens (tertiary/aromatic N) is 1. The quantitative estimate of drug-likeness (QED) is 0.500. The SMILES string of the molecule is O[n+]1ccccc1S[C@H]1[C@@H]2CC[C@H](C2)[C@H]1Cl. The van der Waals surface area contributed by atoms with Crippen molar-refractivity contribution in [3.63, 3.8) is 0 Å². The van der Waals surface area contributed by atoms with Crippen LogP contribution in [0.3, 0.4) is 0 Å². The van der Waals surface area contributed by atoms with Crippen molar-refractivity contribution in [2.24, 2.45) is 11.8 Å². The van der Waals surface area contributed by atoms with Crippen molar-refractivity contribution < 1.29 is 9.94 Å². The number of hydrogen-bond acceptors (Lipinski definition) is 2. The van der Waals surface area contributed by atoms with Crippen LogP contribution in [0.2, 0.25) is 0 Å². The van der Waals surface area contributed by atoms with Crippen LogP contribution in [0.15, 0.2) is 29.4 Å². The van der Waals surface area contributed by atoms with Crippen molar-refractivity contribution in [1.82, 2.24) is 0 Å². The highest BCUT2D eigenvalue weighted by molar-refractivity contribution is 7.99. The second-order valence-corrected chi connectivity index (χ2v) is 6.45. The van der Waals surface area contributed by atoms with Crippen molar-refractivity contribution in [2.45, 2.75) is 34.9 Å². The van der Waals surface area contributed by atoms with Gasteiger partial charge in [-0.25, -0.2) is 0 Å². The minimum atomic E-state index is 0.281. The second-order valence-electron chi connectivity index (χ2n) is 4.74. The maximum absolute atomic E-state index is 9.68. The molecule has 2 fully saturated rings. The fourth-order valence-electron chi connectivity index (χ4n) is 2.98. The van der Waals surface area contributed by atoms with Gasteiger partial charge in [-0.05, 0) is 48.9 Å². The molecule has 1 heterocycles. The average molecular weight is 257 g/mol. The van der Waals surface area contributed by atoms with E-state index in [4.69, 9.17) is 11.6 Å². The van der Waals surface area contributed by atoms with Crippen molar-refractivity contribution in [1.29, 1.82) is 0 Å². The van der Waals surface area contributed by atoms with Crippen LogP contribution in [0.25, 0.3) is 0 Å². The second kappa shape index (κ2) is 4.11. The first-order valence-electron chi connectivity index (χ1n) is 5.76. The monoisotopic (exact) mass is 256 g/mol. The Balaban J connectivity index is 1.78. The van der Waals surface area contributed by atoms with E-state index in [2.05, 4.69) is 0 Å². The van der Waals surface area contributed by atoms with Crippen molar-refractivity contribution >= 4 is 23.4 Å². The minimum absolute atomic E-state index is 0.281. The van der Waals surface area contributed by atoms with E-state index in [1.54, 1.807) is 18.0 Å². The summed E-state index contributed by atoms with van der Waals surface area (Å²) in [5.41, 5.74) is 0. The summed E-state index contributed by atoms with van der Waals surface area (Å²) in [4.78, 5) is 0. The Morgan fingerprint density at radius 1 is 1.31 bits per heavy atom. The molecule has 0 aromatic carbocycles. The molecule has 2 aliphatic carbocycles. The Hall–Kier alpha value is -0.410. The summed E-state index contributed by atoms with van der Waals surface area (Å²) in [7, 11) is 0. The highest BCUT2D eigenvalue weighted by atomic mass is 35.5. The van der Waals surface area contributed by atoms with Gasteiger partial charge in [0.1, 0.15) is 0 Å². The van der Waals surface area contributed by atoms with Gasteiger partial charge in [0.25, 0.3) is 5.03 Å². The van der Waals surface area contributed by atoms with Gasteiger partial charge in [0.05, 0.1) is 0 Å². The van der Waals surface area contributed by atoms with Crippen molar-refractivity contribution in [3.05, 3.63) is 24.4 Å². The molecule has 0 radical (unpaired) electrons. The molecule has 0 saturated heterocycles. The number of fused-ring (bicyclic) bond motifs is 2. The number of thioether (sulfide) groups is 1. The van der Waals surface area contributed by atoms with Gasteiger partial charge in [-0.2, -0.15) is 0 Å². The first-order chi connectivity index (χ1) is 7.75. The summed E-state index contributed by atoms with van der Waals surface area (Å²) in [5, 5.41) is 11.3. The van der Waals surface area contributed by atoms with E-state index in [0.29, 0.717) is 11.2 Å². The largest absolute Gasteiger partial charge is 0.291 e. The molecule has 0 spiro atoms. The lowest BCUT2D eigenvalue weighted by Crippen LogP contribution is -2.34. The maximum Gasteiger partial charge on any atom is 0.291 e. The predicted octanol–water partition coefficient (Wildman–Crippen LogP) is 2.71. The Kier molecular flexibility index (Phi) is 2.76.